The van der Waals surface area contributed by atoms with Crippen molar-refractivity contribution in [3.05, 3.63) is 64.7 Å². The number of piperidine rings is 1. The van der Waals surface area contributed by atoms with E-state index >= 15 is 0 Å². The van der Waals surface area contributed by atoms with Crippen molar-refractivity contribution in [2.45, 2.75) is 56.7 Å². The van der Waals surface area contributed by atoms with Crippen molar-refractivity contribution < 1.29 is 32.2 Å². The maximum absolute atomic E-state index is 13.7. The van der Waals surface area contributed by atoms with Crippen LogP contribution in [0.2, 0.25) is 5.02 Å². The maximum atomic E-state index is 13.7. The highest BCUT2D eigenvalue weighted by Crippen LogP contribution is 2.37. The molecule has 10 heteroatoms. The van der Waals surface area contributed by atoms with Gasteiger partial charge in [-0.2, -0.15) is 13.2 Å². The molecule has 1 unspecified atom stereocenters. The number of likely N-dealkylation sites (tertiary alicyclic amines) is 1. The highest BCUT2D eigenvalue weighted by molar-refractivity contribution is 6.34. The minimum Gasteiger partial charge on any atom is -0.494 e. The van der Waals surface area contributed by atoms with Crippen molar-refractivity contribution in [1.82, 2.24) is 9.80 Å². The van der Waals surface area contributed by atoms with Crippen molar-refractivity contribution in [2.75, 3.05) is 40.0 Å². The van der Waals surface area contributed by atoms with Crippen LogP contribution in [-0.4, -0.2) is 73.8 Å². The number of alkyl halides is 3. The van der Waals surface area contributed by atoms with Crippen LogP contribution in [0.5, 0.6) is 5.75 Å². The highest BCUT2D eigenvalue weighted by Gasteiger charge is 2.47. The second-order valence-electron chi connectivity index (χ2n) is 10.6. The zero-order chi connectivity index (χ0) is 28.7. The van der Waals surface area contributed by atoms with Gasteiger partial charge in [0.15, 0.2) is 5.92 Å². The van der Waals surface area contributed by atoms with Crippen LogP contribution in [-0.2, 0) is 9.53 Å². The van der Waals surface area contributed by atoms with Gasteiger partial charge in [0.1, 0.15) is 5.75 Å². The number of unbranched alkanes of at least 4 members (excludes halogenated alkanes) is 1. The first-order valence-corrected chi connectivity index (χ1v) is 14.2. The van der Waals surface area contributed by atoms with Crippen LogP contribution >= 0.6 is 11.6 Å². The molecule has 2 atom stereocenters. The molecule has 2 fully saturated rings. The summed E-state index contributed by atoms with van der Waals surface area (Å²) < 4.78 is 52.4. The summed E-state index contributed by atoms with van der Waals surface area (Å²) in [4.78, 5) is 28.6. The van der Waals surface area contributed by atoms with E-state index in [0.29, 0.717) is 68.0 Å². The predicted molar refractivity (Wildman–Crippen MR) is 147 cm³/mol. The number of benzene rings is 2. The number of hydrogen-bond acceptors (Lipinski definition) is 4. The van der Waals surface area contributed by atoms with Gasteiger partial charge in [0, 0.05) is 26.7 Å². The van der Waals surface area contributed by atoms with Crippen molar-refractivity contribution in [1.29, 1.82) is 0 Å². The Morgan fingerprint density at radius 2 is 1.82 bits per heavy atom. The number of likely N-dealkylation sites (N-methyl/N-ethyl adjacent to an activating group) is 1. The second kappa shape index (κ2) is 13.7. The molecule has 2 aliphatic rings. The summed E-state index contributed by atoms with van der Waals surface area (Å²) in [6.07, 6.45) is 0.217. The minimum absolute atomic E-state index is 0.0174. The molecule has 0 saturated carbocycles. The molecule has 2 amide bonds. The van der Waals surface area contributed by atoms with Crippen molar-refractivity contribution in [3.63, 3.8) is 0 Å². The summed E-state index contributed by atoms with van der Waals surface area (Å²) in [5, 5.41) is 0.342. The van der Waals surface area contributed by atoms with Crippen LogP contribution in [0.4, 0.5) is 13.2 Å². The third-order valence-electron chi connectivity index (χ3n) is 7.85. The number of ether oxygens (including phenoxy) is 2. The monoisotopic (exact) mass is 580 g/mol. The molecule has 40 heavy (non-hydrogen) atoms. The van der Waals surface area contributed by atoms with Gasteiger partial charge in [0.2, 0.25) is 5.91 Å². The van der Waals surface area contributed by atoms with Gasteiger partial charge < -0.3 is 19.3 Å². The minimum atomic E-state index is -4.63. The van der Waals surface area contributed by atoms with E-state index in [4.69, 9.17) is 21.1 Å². The Balaban J connectivity index is 1.17. The normalized spacial score (nSPS) is 18.9. The molecule has 2 saturated heterocycles. The fourth-order valence-corrected chi connectivity index (χ4v) is 5.66. The zero-order valence-corrected chi connectivity index (χ0v) is 23.4. The lowest BCUT2D eigenvalue weighted by Crippen LogP contribution is -2.44. The SMILES string of the molecule is CN(C(=O)c1ccc(OCCCCC2CCN(C(=O)[C@H](c3ccccc3)C(F)(F)F)CC2)cc1Cl)C1CCOC1. The fourth-order valence-electron chi connectivity index (χ4n) is 5.41. The zero-order valence-electron chi connectivity index (χ0n) is 22.7. The van der Waals surface area contributed by atoms with E-state index in [1.165, 1.54) is 29.2 Å². The Labute approximate surface area is 238 Å². The van der Waals surface area contributed by atoms with Gasteiger partial charge in [-0.25, -0.2) is 0 Å². The molecule has 2 aliphatic heterocycles. The van der Waals surface area contributed by atoms with Crippen LogP contribution in [0.25, 0.3) is 0 Å². The van der Waals surface area contributed by atoms with E-state index in [2.05, 4.69) is 0 Å². The molecular weight excluding hydrogens is 545 g/mol. The summed E-state index contributed by atoms with van der Waals surface area (Å²) >= 11 is 6.38. The Morgan fingerprint density at radius 1 is 1.10 bits per heavy atom. The lowest BCUT2D eigenvalue weighted by molar-refractivity contribution is -0.172. The third-order valence-corrected chi connectivity index (χ3v) is 8.17. The van der Waals surface area contributed by atoms with E-state index in [1.807, 2.05) is 0 Å². The predicted octanol–water partition coefficient (Wildman–Crippen LogP) is 6.33. The molecule has 0 aliphatic carbocycles. The quantitative estimate of drug-likeness (QED) is 0.308. The molecule has 218 valence electrons. The molecule has 4 rings (SSSR count). The smallest absolute Gasteiger partial charge is 0.404 e. The third kappa shape index (κ3) is 7.69. The lowest BCUT2D eigenvalue weighted by atomic mass is 9.90. The number of rotatable bonds is 10. The molecule has 2 aromatic carbocycles. The first-order chi connectivity index (χ1) is 19.1. The Morgan fingerprint density at radius 3 is 2.45 bits per heavy atom. The Hall–Kier alpha value is -2.78. The number of nitrogens with zero attached hydrogens (tertiary/aromatic N) is 2. The number of carbonyl (C=O) groups excluding carboxylic acids is 2. The lowest BCUT2D eigenvalue weighted by Gasteiger charge is -2.35. The second-order valence-corrected chi connectivity index (χ2v) is 11.0. The van der Waals surface area contributed by atoms with Crippen molar-refractivity contribution >= 4 is 23.4 Å². The van der Waals surface area contributed by atoms with Gasteiger partial charge in [0.25, 0.3) is 5.91 Å². The molecule has 6 nitrogen and oxygen atoms in total. The van der Waals surface area contributed by atoms with Crippen molar-refractivity contribution in [3.8, 4) is 5.75 Å². The number of halogens is 4. The van der Waals surface area contributed by atoms with Gasteiger partial charge in [0.05, 0.1) is 29.8 Å². The number of carbonyl (C=O) groups is 2. The summed E-state index contributed by atoms with van der Waals surface area (Å²) in [5.74, 6) is -2.17. The van der Waals surface area contributed by atoms with Crippen molar-refractivity contribution in [2.24, 2.45) is 5.92 Å². The van der Waals surface area contributed by atoms with Crippen LogP contribution in [0.1, 0.15) is 60.4 Å². The van der Waals surface area contributed by atoms with E-state index in [1.54, 1.807) is 36.2 Å². The van der Waals surface area contributed by atoms with Gasteiger partial charge in [-0.3, -0.25) is 9.59 Å². The van der Waals surface area contributed by atoms with E-state index < -0.39 is 18.0 Å². The van der Waals surface area contributed by atoms with E-state index in [-0.39, 0.29) is 17.5 Å². The van der Waals surface area contributed by atoms with Gasteiger partial charge in [-0.1, -0.05) is 48.4 Å². The highest BCUT2D eigenvalue weighted by atomic mass is 35.5. The maximum Gasteiger partial charge on any atom is 0.404 e. The molecule has 2 aromatic rings. The fraction of sp³-hybridized carbons (Fsp3) is 0.533. The Bertz CT molecular complexity index is 1130. The molecule has 0 spiro atoms. The standard InChI is InChI=1S/C30H36ClF3N2O4/c1-35(23-14-18-39-20-23)28(37)25-11-10-24(19-26(25)31)40-17-6-5-7-21-12-15-36(16-13-21)29(38)27(30(32,33)34)22-8-3-2-4-9-22/h2-4,8-11,19,21,23,27H,5-7,12-18,20H2,1H3/t23?,27-/m0/s1. The van der Waals surface area contributed by atoms with Crippen LogP contribution in [0, 0.1) is 5.92 Å². The molecular formula is C30H36ClF3N2O4. The molecule has 0 bridgehead atoms. The van der Waals surface area contributed by atoms with Crippen LogP contribution in [0.15, 0.2) is 48.5 Å². The average molecular weight is 581 g/mol. The largest absolute Gasteiger partial charge is 0.494 e. The van der Waals surface area contributed by atoms with E-state index in [9.17, 15) is 22.8 Å². The molecule has 2 heterocycles. The average Bonchev–Trinajstić information content (AvgIpc) is 3.48. The number of amides is 2. The molecule has 0 aromatic heterocycles. The first-order valence-electron chi connectivity index (χ1n) is 13.8. The molecule has 0 radical (unpaired) electrons. The molecule has 0 N–H and O–H groups in total. The number of hydrogen-bond donors (Lipinski definition) is 0. The Kier molecular flexibility index (Phi) is 10.4. The van der Waals surface area contributed by atoms with Crippen LogP contribution < -0.4 is 4.74 Å². The van der Waals surface area contributed by atoms with Gasteiger partial charge >= 0.3 is 6.18 Å². The van der Waals surface area contributed by atoms with Gasteiger partial charge in [-0.15, -0.1) is 0 Å². The van der Waals surface area contributed by atoms with E-state index in [0.717, 1.165) is 25.7 Å². The summed E-state index contributed by atoms with van der Waals surface area (Å²) in [6, 6.07) is 12.5. The summed E-state index contributed by atoms with van der Waals surface area (Å²) in [7, 11) is 1.76. The topological polar surface area (TPSA) is 59.1 Å². The summed E-state index contributed by atoms with van der Waals surface area (Å²) in [5.41, 5.74) is 0.412. The first kappa shape index (κ1) is 30.2. The van der Waals surface area contributed by atoms with Crippen LogP contribution in [0.3, 0.4) is 0 Å². The summed E-state index contributed by atoms with van der Waals surface area (Å²) in [6.45, 7) is 2.35. The van der Waals surface area contributed by atoms with Gasteiger partial charge in [-0.05, 0) is 61.8 Å².